The predicted molar refractivity (Wildman–Crippen MR) is 83.5 cm³/mol. The van der Waals surface area contributed by atoms with Gasteiger partial charge in [0, 0.05) is 11.6 Å². The Morgan fingerprint density at radius 3 is 2.32 bits per heavy atom. The van der Waals surface area contributed by atoms with E-state index in [0.29, 0.717) is 5.75 Å². The number of hydrogen-bond acceptors (Lipinski definition) is 2. The van der Waals surface area contributed by atoms with Gasteiger partial charge in [0.05, 0.1) is 18.6 Å². The van der Waals surface area contributed by atoms with Gasteiger partial charge in [0.1, 0.15) is 18.5 Å². The van der Waals surface area contributed by atoms with Crippen LogP contribution in [0.25, 0.3) is 22.2 Å². The normalized spacial score (nSPS) is 10.3. The number of rotatable bonds is 2. The second kappa shape index (κ2) is 6.52. The molecule has 1 N–H and O–H groups in total. The van der Waals surface area contributed by atoms with Crippen molar-refractivity contribution in [3.05, 3.63) is 54.1 Å². The number of aromatic nitrogens is 1. The van der Waals surface area contributed by atoms with E-state index in [1.807, 2.05) is 56.4 Å². The fourth-order valence-electron chi connectivity index (χ4n) is 2.62. The highest BCUT2D eigenvalue weighted by atomic mass is 127. The van der Waals surface area contributed by atoms with Crippen LogP contribution in [0.4, 0.5) is 0 Å². The van der Waals surface area contributed by atoms with E-state index in [9.17, 15) is 5.11 Å². The Kier molecular flexibility index (Phi) is 4.90. The van der Waals surface area contributed by atoms with Crippen molar-refractivity contribution >= 4 is 10.9 Å². The summed E-state index contributed by atoms with van der Waals surface area (Å²) in [6.45, 7) is 2.02. The largest absolute Gasteiger partial charge is 1.00 e. The molecule has 22 heavy (non-hydrogen) atoms. The van der Waals surface area contributed by atoms with Gasteiger partial charge >= 0.3 is 0 Å². The van der Waals surface area contributed by atoms with E-state index < -0.39 is 0 Å². The first-order valence-corrected chi connectivity index (χ1v) is 6.87. The summed E-state index contributed by atoms with van der Waals surface area (Å²) in [5.74, 6) is 1.12. The number of fused-ring (bicyclic) bond motifs is 1. The summed E-state index contributed by atoms with van der Waals surface area (Å²) in [5.41, 5.74) is 4.14. The molecule has 2 aromatic carbocycles. The number of ether oxygens (including phenoxy) is 1. The molecule has 3 rings (SSSR count). The van der Waals surface area contributed by atoms with Crippen LogP contribution in [0, 0.1) is 6.92 Å². The molecule has 0 spiro atoms. The zero-order valence-electron chi connectivity index (χ0n) is 12.8. The molecule has 0 aliphatic heterocycles. The Morgan fingerprint density at radius 2 is 1.68 bits per heavy atom. The van der Waals surface area contributed by atoms with Crippen molar-refractivity contribution in [1.82, 2.24) is 0 Å². The number of aryl methyl sites for hydroxylation is 2. The minimum Gasteiger partial charge on any atom is -1.00 e. The molecule has 0 amide bonds. The van der Waals surface area contributed by atoms with Crippen molar-refractivity contribution in [3.63, 3.8) is 0 Å². The Hall–Kier alpha value is -1.82. The van der Waals surface area contributed by atoms with Crippen LogP contribution in [0.5, 0.6) is 11.5 Å². The number of aromatic hydroxyl groups is 1. The molecular weight excluding hydrogens is 389 g/mol. The molecular formula is C18H18INO2. The molecule has 0 saturated heterocycles. The maximum atomic E-state index is 10.3. The molecule has 0 aliphatic carbocycles. The summed E-state index contributed by atoms with van der Waals surface area (Å²) in [5, 5.41) is 11.2. The topological polar surface area (TPSA) is 33.3 Å². The van der Waals surface area contributed by atoms with Crippen molar-refractivity contribution in [2.75, 3.05) is 7.11 Å². The summed E-state index contributed by atoms with van der Waals surface area (Å²) in [7, 11) is 3.66. The highest BCUT2D eigenvalue weighted by molar-refractivity contribution is 5.84. The van der Waals surface area contributed by atoms with E-state index in [-0.39, 0.29) is 24.0 Å². The van der Waals surface area contributed by atoms with Crippen LogP contribution in [0.3, 0.4) is 0 Å². The van der Waals surface area contributed by atoms with Crippen LogP contribution in [0.1, 0.15) is 5.56 Å². The van der Waals surface area contributed by atoms with E-state index in [1.54, 1.807) is 7.11 Å². The zero-order valence-corrected chi connectivity index (χ0v) is 15.0. The minimum atomic E-state index is 0. The molecule has 4 heteroatoms. The molecule has 114 valence electrons. The van der Waals surface area contributed by atoms with E-state index in [4.69, 9.17) is 4.74 Å². The summed E-state index contributed by atoms with van der Waals surface area (Å²) >= 11 is 0. The molecule has 3 nitrogen and oxygen atoms in total. The lowest BCUT2D eigenvalue weighted by atomic mass is 10.1. The van der Waals surface area contributed by atoms with Crippen LogP contribution < -0.4 is 33.3 Å². The van der Waals surface area contributed by atoms with Gasteiger partial charge in [0.2, 0.25) is 11.2 Å². The second-order valence-corrected chi connectivity index (χ2v) is 5.22. The molecule has 0 unspecified atom stereocenters. The van der Waals surface area contributed by atoms with E-state index >= 15 is 0 Å². The van der Waals surface area contributed by atoms with Crippen molar-refractivity contribution in [2.24, 2.45) is 7.05 Å². The number of halogens is 1. The summed E-state index contributed by atoms with van der Waals surface area (Å²) in [6, 6.07) is 15.7. The maximum Gasteiger partial charge on any atom is 0.216 e. The van der Waals surface area contributed by atoms with Crippen molar-refractivity contribution in [3.8, 4) is 22.8 Å². The third-order valence-corrected chi connectivity index (χ3v) is 3.81. The third kappa shape index (κ3) is 2.88. The van der Waals surface area contributed by atoms with Crippen LogP contribution in [-0.4, -0.2) is 12.2 Å². The summed E-state index contributed by atoms with van der Waals surface area (Å²) < 4.78 is 7.28. The van der Waals surface area contributed by atoms with Crippen LogP contribution in [0.2, 0.25) is 0 Å². The van der Waals surface area contributed by atoms with Gasteiger partial charge in [-0.2, -0.15) is 4.57 Å². The molecule has 3 aromatic rings. The number of methoxy groups -OCH3 is 1. The predicted octanol–water partition coefficient (Wildman–Crippen LogP) is 0.358. The Morgan fingerprint density at radius 1 is 1.00 bits per heavy atom. The molecule has 0 aliphatic rings. The number of benzene rings is 2. The van der Waals surface area contributed by atoms with Crippen molar-refractivity contribution in [2.45, 2.75) is 6.92 Å². The van der Waals surface area contributed by atoms with E-state index in [2.05, 4.69) is 10.6 Å². The van der Waals surface area contributed by atoms with Gasteiger partial charge < -0.3 is 33.8 Å². The van der Waals surface area contributed by atoms with Gasteiger partial charge in [0.25, 0.3) is 0 Å². The number of pyridine rings is 1. The maximum absolute atomic E-state index is 10.3. The van der Waals surface area contributed by atoms with Gasteiger partial charge in [0.15, 0.2) is 0 Å². The lowest BCUT2D eigenvalue weighted by molar-refractivity contribution is -0.633. The van der Waals surface area contributed by atoms with Crippen molar-refractivity contribution < 1.29 is 38.4 Å². The van der Waals surface area contributed by atoms with Gasteiger partial charge in [-0.05, 0) is 42.8 Å². The zero-order chi connectivity index (χ0) is 15.0. The SMILES string of the molecule is COc1ccc(-c2cc(O)c3cc(C)ccc3[n+]2C)cc1.[I-]. The monoisotopic (exact) mass is 407 g/mol. The Labute approximate surface area is 147 Å². The highest BCUT2D eigenvalue weighted by Gasteiger charge is 2.17. The van der Waals surface area contributed by atoms with Gasteiger partial charge in [-0.25, -0.2) is 0 Å². The smallest absolute Gasteiger partial charge is 0.216 e. The first-order chi connectivity index (χ1) is 10.1. The molecule has 1 aromatic heterocycles. The average Bonchev–Trinajstić information content (AvgIpc) is 2.51. The van der Waals surface area contributed by atoms with Gasteiger partial charge in [-0.15, -0.1) is 0 Å². The standard InChI is InChI=1S/C18H17NO2.HI/c1-12-4-9-16-15(10-12)18(20)11-17(19(16)2)13-5-7-14(21-3)8-6-13;/h4-11H,1-3H3;1H. The quantitative estimate of drug-likeness (QED) is 0.492. The molecule has 1 heterocycles. The van der Waals surface area contributed by atoms with Crippen LogP contribution in [0.15, 0.2) is 48.5 Å². The van der Waals surface area contributed by atoms with Gasteiger partial charge in [-0.3, -0.25) is 0 Å². The highest BCUT2D eigenvalue weighted by Crippen LogP contribution is 2.28. The van der Waals surface area contributed by atoms with E-state index in [0.717, 1.165) is 33.5 Å². The fourth-order valence-corrected chi connectivity index (χ4v) is 2.62. The minimum absolute atomic E-state index is 0. The Bertz CT molecular complexity index is 813. The molecule has 0 bridgehead atoms. The van der Waals surface area contributed by atoms with Gasteiger partial charge in [-0.1, -0.05) is 6.07 Å². The molecule has 0 saturated carbocycles. The van der Waals surface area contributed by atoms with Crippen LogP contribution >= 0.6 is 0 Å². The van der Waals surface area contributed by atoms with E-state index in [1.165, 1.54) is 0 Å². The lowest BCUT2D eigenvalue weighted by Gasteiger charge is -2.07. The Balaban J connectivity index is 0.00000176. The fraction of sp³-hybridized carbons (Fsp3) is 0.167. The summed E-state index contributed by atoms with van der Waals surface area (Å²) in [4.78, 5) is 0. The lowest BCUT2D eigenvalue weighted by Crippen LogP contribution is -3.00. The molecule has 0 fully saturated rings. The molecule has 0 radical (unpaired) electrons. The first-order valence-electron chi connectivity index (χ1n) is 6.87. The average molecular weight is 407 g/mol. The van der Waals surface area contributed by atoms with Crippen LogP contribution in [-0.2, 0) is 7.05 Å². The molecule has 0 atom stereocenters. The third-order valence-electron chi connectivity index (χ3n) is 3.81. The second-order valence-electron chi connectivity index (χ2n) is 5.22. The first kappa shape index (κ1) is 16.5. The van der Waals surface area contributed by atoms with Crippen molar-refractivity contribution in [1.29, 1.82) is 0 Å². The number of hydrogen-bond donors (Lipinski definition) is 1. The summed E-state index contributed by atoms with van der Waals surface area (Å²) in [6.07, 6.45) is 0. The number of nitrogens with zero attached hydrogens (tertiary/aromatic N) is 1.